The van der Waals surface area contributed by atoms with Gasteiger partial charge >= 0.3 is 0 Å². The van der Waals surface area contributed by atoms with Gasteiger partial charge in [-0.05, 0) is 35.8 Å². The van der Waals surface area contributed by atoms with Crippen LogP contribution in [0.4, 0.5) is 10.1 Å². The second-order valence-corrected chi connectivity index (χ2v) is 4.97. The summed E-state index contributed by atoms with van der Waals surface area (Å²) in [7, 11) is 2.97. The third-order valence-electron chi connectivity index (χ3n) is 2.26. The van der Waals surface area contributed by atoms with E-state index in [0.717, 1.165) is 0 Å². The van der Waals surface area contributed by atoms with E-state index in [1.807, 2.05) is 0 Å². The number of anilines is 1. The molecule has 0 aliphatic rings. The molecule has 1 amide bonds. The molecule has 1 N–H and O–H groups in total. The number of alkyl halides is 1. The summed E-state index contributed by atoms with van der Waals surface area (Å²) in [6, 6.07) is 3.20. The van der Waals surface area contributed by atoms with Crippen molar-refractivity contribution in [3.05, 3.63) is 16.6 Å². The highest BCUT2D eigenvalue weighted by Gasteiger charge is 2.27. The molecule has 0 spiro atoms. The predicted octanol–water partition coefficient (Wildman–Crippen LogP) is 3.15. The number of hydrogen-bond acceptors (Lipinski definition) is 3. The van der Waals surface area contributed by atoms with Crippen molar-refractivity contribution in [3.8, 4) is 11.5 Å². The molecule has 0 bridgehead atoms. The molecule has 100 valence electrons. The molecule has 18 heavy (non-hydrogen) atoms. The van der Waals surface area contributed by atoms with Crippen LogP contribution in [0.3, 0.4) is 0 Å². The summed E-state index contributed by atoms with van der Waals surface area (Å²) in [4.78, 5) is 11.6. The molecule has 0 aromatic heterocycles. The van der Waals surface area contributed by atoms with E-state index < -0.39 is 11.6 Å². The lowest BCUT2D eigenvalue weighted by atomic mass is 10.1. The van der Waals surface area contributed by atoms with Crippen LogP contribution in [0.1, 0.15) is 13.8 Å². The first-order valence-electron chi connectivity index (χ1n) is 5.21. The first-order valence-corrected chi connectivity index (χ1v) is 6.00. The first-order chi connectivity index (χ1) is 8.29. The molecule has 0 aliphatic carbocycles. The minimum Gasteiger partial charge on any atom is -0.495 e. The van der Waals surface area contributed by atoms with Gasteiger partial charge in [-0.3, -0.25) is 4.79 Å². The topological polar surface area (TPSA) is 47.6 Å². The molecule has 6 heteroatoms. The number of nitrogens with one attached hydrogen (secondary N) is 1. The van der Waals surface area contributed by atoms with Gasteiger partial charge in [-0.2, -0.15) is 0 Å². The van der Waals surface area contributed by atoms with Crippen LogP contribution in [0.5, 0.6) is 11.5 Å². The SMILES string of the molecule is COc1cc(OC)c(NC(=O)C(C)(C)F)cc1Br. The molecular weight excluding hydrogens is 305 g/mol. The van der Waals surface area contributed by atoms with Crippen molar-refractivity contribution in [1.29, 1.82) is 0 Å². The van der Waals surface area contributed by atoms with Crippen molar-refractivity contribution < 1.29 is 18.7 Å². The van der Waals surface area contributed by atoms with E-state index in [2.05, 4.69) is 21.2 Å². The maximum absolute atomic E-state index is 13.5. The summed E-state index contributed by atoms with van der Waals surface area (Å²) >= 11 is 3.29. The number of methoxy groups -OCH3 is 2. The summed E-state index contributed by atoms with van der Waals surface area (Å²) in [6.07, 6.45) is 0. The normalized spacial score (nSPS) is 11.0. The van der Waals surface area contributed by atoms with Gasteiger partial charge in [0.25, 0.3) is 5.91 Å². The summed E-state index contributed by atoms with van der Waals surface area (Å²) in [5.41, 5.74) is -1.59. The molecule has 0 atom stereocenters. The van der Waals surface area contributed by atoms with Gasteiger partial charge in [-0.25, -0.2) is 4.39 Å². The smallest absolute Gasteiger partial charge is 0.261 e. The largest absolute Gasteiger partial charge is 0.495 e. The van der Waals surface area contributed by atoms with E-state index in [9.17, 15) is 9.18 Å². The minimum atomic E-state index is -1.96. The van der Waals surface area contributed by atoms with Gasteiger partial charge in [0, 0.05) is 6.07 Å². The van der Waals surface area contributed by atoms with Gasteiger partial charge in [0.1, 0.15) is 11.5 Å². The molecule has 0 saturated carbocycles. The lowest BCUT2D eigenvalue weighted by molar-refractivity contribution is -0.125. The molecule has 1 aromatic carbocycles. The van der Waals surface area contributed by atoms with Crippen LogP contribution in [0.2, 0.25) is 0 Å². The second-order valence-electron chi connectivity index (χ2n) is 4.11. The van der Waals surface area contributed by atoms with Gasteiger partial charge in [0.2, 0.25) is 0 Å². The van der Waals surface area contributed by atoms with E-state index in [4.69, 9.17) is 9.47 Å². The number of carbonyl (C=O) groups excluding carboxylic acids is 1. The summed E-state index contributed by atoms with van der Waals surface area (Å²) in [6.45, 7) is 2.38. The Morgan fingerprint density at radius 2 is 1.83 bits per heavy atom. The zero-order valence-corrected chi connectivity index (χ0v) is 12.2. The number of halogens is 2. The molecule has 0 fully saturated rings. The number of ether oxygens (including phenoxy) is 2. The Balaban J connectivity index is 3.09. The average molecular weight is 320 g/mol. The van der Waals surface area contributed by atoms with Crippen molar-refractivity contribution in [2.24, 2.45) is 0 Å². The van der Waals surface area contributed by atoms with Crippen LogP contribution in [0, 0.1) is 0 Å². The van der Waals surface area contributed by atoms with Gasteiger partial charge in [-0.15, -0.1) is 0 Å². The van der Waals surface area contributed by atoms with E-state index in [0.29, 0.717) is 21.7 Å². The zero-order valence-electron chi connectivity index (χ0n) is 10.6. The quantitative estimate of drug-likeness (QED) is 0.927. The molecule has 0 aliphatic heterocycles. The number of rotatable bonds is 4. The molecule has 0 radical (unpaired) electrons. The molecule has 0 heterocycles. The van der Waals surface area contributed by atoms with Crippen molar-refractivity contribution in [2.75, 3.05) is 19.5 Å². The average Bonchev–Trinajstić information content (AvgIpc) is 2.28. The van der Waals surface area contributed by atoms with Gasteiger partial charge < -0.3 is 14.8 Å². The molecule has 1 rings (SSSR count). The van der Waals surface area contributed by atoms with E-state index in [1.54, 1.807) is 12.1 Å². The van der Waals surface area contributed by atoms with E-state index in [-0.39, 0.29) is 0 Å². The fraction of sp³-hybridized carbons (Fsp3) is 0.417. The van der Waals surface area contributed by atoms with Crippen LogP contribution in [0.15, 0.2) is 16.6 Å². The molecule has 0 saturated heterocycles. The first kappa shape index (κ1) is 14.8. The zero-order chi connectivity index (χ0) is 13.9. The molecule has 4 nitrogen and oxygen atoms in total. The standard InChI is InChI=1S/C12H15BrFNO3/c1-12(2,14)11(16)15-8-5-7(13)9(17-3)6-10(8)18-4/h5-6H,1-4H3,(H,15,16). The highest BCUT2D eigenvalue weighted by atomic mass is 79.9. The summed E-state index contributed by atoms with van der Waals surface area (Å²) in [5, 5.41) is 2.47. The van der Waals surface area contributed by atoms with Crippen LogP contribution in [-0.2, 0) is 4.79 Å². The Morgan fingerprint density at radius 1 is 1.28 bits per heavy atom. The van der Waals surface area contributed by atoms with Gasteiger partial charge in [-0.1, -0.05) is 0 Å². The number of hydrogen-bond donors (Lipinski definition) is 1. The molecule has 0 unspecified atom stereocenters. The summed E-state index contributed by atoms with van der Waals surface area (Å²) in [5.74, 6) is 0.217. The predicted molar refractivity (Wildman–Crippen MR) is 71.1 cm³/mol. The third-order valence-corrected chi connectivity index (χ3v) is 2.88. The van der Waals surface area contributed by atoms with E-state index >= 15 is 0 Å². The lowest BCUT2D eigenvalue weighted by Gasteiger charge is -2.17. The van der Waals surface area contributed by atoms with Crippen LogP contribution < -0.4 is 14.8 Å². The van der Waals surface area contributed by atoms with Gasteiger partial charge in [0.15, 0.2) is 5.67 Å². The fourth-order valence-electron chi connectivity index (χ4n) is 1.23. The Labute approximate surface area is 114 Å². The third kappa shape index (κ3) is 3.35. The highest BCUT2D eigenvalue weighted by molar-refractivity contribution is 9.10. The Morgan fingerprint density at radius 3 is 2.28 bits per heavy atom. The van der Waals surface area contributed by atoms with Crippen LogP contribution >= 0.6 is 15.9 Å². The van der Waals surface area contributed by atoms with Crippen LogP contribution in [0.25, 0.3) is 0 Å². The molecular formula is C12H15BrFNO3. The maximum atomic E-state index is 13.5. The van der Waals surface area contributed by atoms with Gasteiger partial charge in [0.05, 0.1) is 24.4 Å². The summed E-state index contributed by atoms with van der Waals surface area (Å²) < 4.78 is 24.3. The Hall–Kier alpha value is -1.30. The van der Waals surface area contributed by atoms with Crippen LogP contribution in [-0.4, -0.2) is 25.8 Å². The van der Waals surface area contributed by atoms with E-state index in [1.165, 1.54) is 28.1 Å². The molecule has 1 aromatic rings. The van der Waals surface area contributed by atoms with Crippen molar-refractivity contribution in [3.63, 3.8) is 0 Å². The van der Waals surface area contributed by atoms with Crippen molar-refractivity contribution in [1.82, 2.24) is 0 Å². The van der Waals surface area contributed by atoms with Crippen molar-refractivity contribution >= 4 is 27.5 Å². The number of amides is 1. The fourth-order valence-corrected chi connectivity index (χ4v) is 1.73. The monoisotopic (exact) mass is 319 g/mol. The highest BCUT2D eigenvalue weighted by Crippen LogP contribution is 2.36. The van der Waals surface area contributed by atoms with Crippen molar-refractivity contribution in [2.45, 2.75) is 19.5 Å². The number of carbonyl (C=O) groups is 1. The maximum Gasteiger partial charge on any atom is 0.261 e. The minimum absolute atomic E-state index is 0.376. The second kappa shape index (κ2) is 5.56. The lowest BCUT2D eigenvalue weighted by Crippen LogP contribution is -2.32. The Kier molecular flexibility index (Phi) is 4.56. The number of benzene rings is 1. The Bertz CT molecular complexity index is 457.